The van der Waals surface area contributed by atoms with Crippen molar-refractivity contribution in [3.63, 3.8) is 0 Å². The standard InChI is InChI=1S/C13H15BrN2OS/c1-8(15-2)11-7-18-13(16-11)10-6-9(14)4-5-12(10)17-3/h4-8,15H,1-3H3. The lowest BCUT2D eigenvalue weighted by Gasteiger charge is -2.07. The van der Waals surface area contributed by atoms with Crippen molar-refractivity contribution in [3.8, 4) is 16.3 Å². The maximum Gasteiger partial charge on any atom is 0.129 e. The van der Waals surface area contributed by atoms with Gasteiger partial charge in [0.1, 0.15) is 10.8 Å². The summed E-state index contributed by atoms with van der Waals surface area (Å²) in [6, 6.07) is 6.20. The summed E-state index contributed by atoms with van der Waals surface area (Å²) in [5.41, 5.74) is 2.07. The Bertz CT molecular complexity index is 542. The lowest BCUT2D eigenvalue weighted by Crippen LogP contribution is -2.12. The number of benzene rings is 1. The van der Waals surface area contributed by atoms with E-state index in [4.69, 9.17) is 4.74 Å². The highest BCUT2D eigenvalue weighted by Crippen LogP contribution is 2.35. The molecule has 3 nitrogen and oxygen atoms in total. The van der Waals surface area contributed by atoms with Crippen molar-refractivity contribution in [2.75, 3.05) is 14.2 Å². The Morgan fingerprint density at radius 3 is 2.89 bits per heavy atom. The van der Waals surface area contributed by atoms with Gasteiger partial charge in [-0.15, -0.1) is 11.3 Å². The monoisotopic (exact) mass is 326 g/mol. The van der Waals surface area contributed by atoms with Gasteiger partial charge >= 0.3 is 0 Å². The molecule has 2 rings (SSSR count). The van der Waals surface area contributed by atoms with Crippen LogP contribution < -0.4 is 10.1 Å². The van der Waals surface area contributed by atoms with Crippen LogP contribution in [0.3, 0.4) is 0 Å². The topological polar surface area (TPSA) is 34.1 Å². The minimum Gasteiger partial charge on any atom is -0.496 e. The highest BCUT2D eigenvalue weighted by molar-refractivity contribution is 9.10. The van der Waals surface area contributed by atoms with E-state index < -0.39 is 0 Å². The molecule has 2 aromatic rings. The normalized spacial score (nSPS) is 12.4. The summed E-state index contributed by atoms with van der Waals surface area (Å²) in [6.07, 6.45) is 0. The molecular weight excluding hydrogens is 312 g/mol. The Hall–Kier alpha value is -0.910. The van der Waals surface area contributed by atoms with E-state index in [-0.39, 0.29) is 6.04 Å². The van der Waals surface area contributed by atoms with E-state index in [9.17, 15) is 0 Å². The van der Waals surface area contributed by atoms with E-state index in [1.807, 2.05) is 25.2 Å². The summed E-state index contributed by atoms with van der Waals surface area (Å²) in [7, 11) is 3.61. The van der Waals surface area contributed by atoms with E-state index in [0.29, 0.717) is 0 Å². The number of thiazole rings is 1. The van der Waals surface area contributed by atoms with Gasteiger partial charge in [-0.1, -0.05) is 15.9 Å². The molecule has 18 heavy (non-hydrogen) atoms. The fraction of sp³-hybridized carbons (Fsp3) is 0.308. The summed E-state index contributed by atoms with van der Waals surface area (Å²) in [5, 5.41) is 6.25. The first-order valence-corrected chi connectivity index (χ1v) is 7.29. The first-order valence-electron chi connectivity index (χ1n) is 5.62. The second kappa shape index (κ2) is 5.82. The van der Waals surface area contributed by atoms with E-state index in [2.05, 4.69) is 38.5 Å². The quantitative estimate of drug-likeness (QED) is 0.926. The first-order chi connectivity index (χ1) is 8.65. The van der Waals surface area contributed by atoms with Crippen LogP contribution in [0, 0.1) is 0 Å². The SMILES string of the molecule is CNC(C)c1csc(-c2cc(Br)ccc2OC)n1. The molecule has 0 aliphatic heterocycles. The van der Waals surface area contributed by atoms with Gasteiger partial charge in [0.15, 0.2) is 0 Å². The molecule has 1 aromatic heterocycles. The number of hydrogen-bond donors (Lipinski definition) is 1. The van der Waals surface area contributed by atoms with Crippen LogP contribution in [0.4, 0.5) is 0 Å². The second-order valence-electron chi connectivity index (χ2n) is 3.93. The predicted octanol–water partition coefficient (Wildman–Crippen LogP) is 3.86. The molecular formula is C13H15BrN2OS. The second-order valence-corrected chi connectivity index (χ2v) is 5.71. The number of nitrogens with one attached hydrogen (secondary N) is 1. The molecule has 0 spiro atoms. The number of ether oxygens (including phenoxy) is 1. The highest BCUT2D eigenvalue weighted by atomic mass is 79.9. The van der Waals surface area contributed by atoms with Crippen LogP contribution in [0.2, 0.25) is 0 Å². The molecule has 1 heterocycles. The van der Waals surface area contributed by atoms with Crippen LogP contribution in [-0.2, 0) is 0 Å². The third-order valence-electron chi connectivity index (χ3n) is 2.79. The molecule has 1 aromatic carbocycles. The van der Waals surface area contributed by atoms with E-state index >= 15 is 0 Å². The van der Waals surface area contributed by atoms with Crippen LogP contribution in [0.5, 0.6) is 5.75 Å². The zero-order valence-electron chi connectivity index (χ0n) is 10.5. The van der Waals surface area contributed by atoms with Gasteiger partial charge in [0.05, 0.1) is 18.4 Å². The number of nitrogens with zero attached hydrogens (tertiary/aromatic N) is 1. The number of halogens is 1. The average Bonchev–Trinajstić information content (AvgIpc) is 2.87. The number of rotatable bonds is 4. The van der Waals surface area contributed by atoms with Gasteiger partial charge in [-0.25, -0.2) is 4.98 Å². The Morgan fingerprint density at radius 1 is 1.44 bits per heavy atom. The number of methoxy groups -OCH3 is 1. The molecule has 1 N–H and O–H groups in total. The molecule has 0 saturated carbocycles. The molecule has 0 aliphatic rings. The molecule has 0 amide bonds. The van der Waals surface area contributed by atoms with E-state index in [0.717, 1.165) is 26.5 Å². The summed E-state index contributed by atoms with van der Waals surface area (Å²) in [6.45, 7) is 2.09. The summed E-state index contributed by atoms with van der Waals surface area (Å²) >= 11 is 5.11. The molecule has 0 saturated heterocycles. The van der Waals surface area contributed by atoms with Gasteiger partial charge in [-0.3, -0.25) is 0 Å². The zero-order valence-corrected chi connectivity index (χ0v) is 12.9. The van der Waals surface area contributed by atoms with Gasteiger partial charge in [0.25, 0.3) is 0 Å². The van der Waals surface area contributed by atoms with Gasteiger partial charge < -0.3 is 10.1 Å². The molecule has 0 radical (unpaired) electrons. The van der Waals surface area contributed by atoms with Crippen LogP contribution in [-0.4, -0.2) is 19.1 Å². The number of aromatic nitrogens is 1. The molecule has 0 bridgehead atoms. The Kier molecular flexibility index (Phi) is 4.37. The highest BCUT2D eigenvalue weighted by Gasteiger charge is 2.13. The van der Waals surface area contributed by atoms with Crippen LogP contribution in [0.1, 0.15) is 18.7 Å². The maximum absolute atomic E-state index is 5.38. The van der Waals surface area contributed by atoms with Gasteiger partial charge in [0, 0.05) is 15.9 Å². The zero-order chi connectivity index (χ0) is 13.1. The Morgan fingerprint density at radius 2 is 2.22 bits per heavy atom. The molecule has 5 heteroatoms. The van der Waals surface area contributed by atoms with Gasteiger partial charge in [0.2, 0.25) is 0 Å². The van der Waals surface area contributed by atoms with Crippen LogP contribution >= 0.6 is 27.3 Å². The predicted molar refractivity (Wildman–Crippen MR) is 79.3 cm³/mol. The summed E-state index contributed by atoms with van der Waals surface area (Å²) in [4.78, 5) is 4.66. The number of hydrogen-bond acceptors (Lipinski definition) is 4. The van der Waals surface area contributed by atoms with Crippen molar-refractivity contribution in [1.29, 1.82) is 0 Å². The minimum atomic E-state index is 0.258. The average molecular weight is 327 g/mol. The molecule has 0 aliphatic carbocycles. The molecule has 0 fully saturated rings. The van der Waals surface area contributed by atoms with Gasteiger partial charge in [-0.05, 0) is 32.2 Å². The smallest absolute Gasteiger partial charge is 0.129 e. The fourth-order valence-corrected chi connectivity index (χ4v) is 2.90. The maximum atomic E-state index is 5.38. The summed E-state index contributed by atoms with van der Waals surface area (Å²) < 4.78 is 6.41. The fourth-order valence-electron chi connectivity index (χ4n) is 1.60. The minimum absolute atomic E-state index is 0.258. The lowest BCUT2D eigenvalue weighted by molar-refractivity contribution is 0.416. The third-order valence-corrected chi connectivity index (χ3v) is 4.18. The lowest BCUT2D eigenvalue weighted by atomic mass is 10.2. The van der Waals surface area contributed by atoms with E-state index in [1.165, 1.54) is 0 Å². The Labute approximate surface area is 119 Å². The molecule has 1 atom stereocenters. The van der Waals surface area contributed by atoms with E-state index in [1.54, 1.807) is 18.4 Å². The van der Waals surface area contributed by atoms with Crippen molar-refractivity contribution in [1.82, 2.24) is 10.3 Å². The summed E-state index contributed by atoms with van der Waals surface area (Å²) in [5.74, 6) is 0.844. The van der Waals surface area contributed by atoms with Crippen LogP contribution in [0.15, 0.2) is 28.1 Å². The van der Waals surface area contributed by atoms with Crippen molar-refractivity contribution < 1.29 is 4.74 Å². The third kappa shape index (κ3) is 2.74. The Balaban J connectivity index is 2.42. The largest absolute Gasteiger partial charge is 0.496 e. The van der Waals surface area contributed by atoms with Crippen molar-refractivity contribution >= 4 is 27.3 Å². The first kappa shape index (κ1) is 13.5. The van der Waals surface area contributed by atoms with Crippen molar-refractivity contribution in [2.45, 2.75) is 13.0 Å². The van der Waals surface area contributed by atoms with Gasteiger partial charge in [-0.2, -0.15) is 0 Å². The van der Waals surface area contributed by atoms with Crippen LogP contribution in [0.25, 0.3) is 10.6 Å². The molecule has 96 valence electrons. The van der Waals surface area contributed by atoms with Crippen molar-refractivity contribution in [3.05, 3.63) is 33.7 Å². The molecule has 1 unspecified atom stereocenters. The van der Waals surface area contributed by atoms with Crippen molar-refractivity contribution in [2.24, 2.45) is 0 Å².